The highest BCUT2D eigenvalue weighted by atomic mass is 32.1. The Kier molecular flexibility index (Phi) is 7.25. The first-order valence-corrected chi connectivity index (χ1v) is 12.5. The summed E-state index contributed by atoms with van der Waals surface area (Å²) in [7, 11) is -17.0. The number of nitrogens with one attached hydrogen (secondary N) is 1. The number of H-pyrrole nitrogens is 1. The van der Waals surface area contributed by atoms with E-state index < -0.39 is 47.7 Å². The van der Waals surface area contributed by atoms with Crippen molar-refractivity contribution in [2.75, 3.05) is 0 Å². The molecule has 6 atom stereocenters. The third-order valence-electron chi connectivity index (χ3n) is 3.38. The van der Waals surface area contributed by atoms with Crippen LogP contribution in [0.3, 0.4) is 0 Å². The van der Waals surface area contributed by atoms with E-state index in [4.69, 9.17) is 43.9 Å². The van der Waals surface area contributed by atoms with Crippen LogP contribution in [0.1, 0.15) is 13.2 Å². The quantitative estimate of drug-likeness (QED) is 0.194. The molecule has 20 heteroatoms. The Hall–Kier alpha value is -0.190. The van der Waals surface area contributed by atoms with Crippen molar-refractivity contribution >= 4 is 47.9 Å². The number of phosphoric acid groups is 3. The zero-order valence-corrected chi connectivity index (χ0v) is 18.3. The molecule has 15 nitrogen and oxygen atoms in total. The first-order chi connectivity index (χ1) is 12.9. The minimum absolute atomic E-state index is 0.0473. The number of hydrogen-bond donors (Lipinski definition) is 7. The Morgan fingerprint density at radius 1 is 1.17 bits per heavy atom. The molecule has 1 aliphatic rings. The van der Waals surface area contributed by atoms with Crippen molar-refractivity contribution in [2.45, 2.75) is 31.1 Å². The largest absolute Gasteiger partial charge is 0.490 e. The molecule has 1 saturated heterocycles. The zero-order chi connectivity index (χ0) is 22.4. The highest BCUT2D eigenvalue weighted by molar-refractivity contribution is 7.72. The van der Waals surface area contributed by atoms with Gasteiger partial charge in [-0.3, -0.25) is 9.09 Å². The van der Waals surface area contributed by atoms with Crippen molar-refractivity contribution in [3.8, 4) is 0 Å². The van der Waals surface area contributed by atoms with E-state index in [0.29, 0.717) is 0 Å². The summed E-state index contributed by atoms with van der Waals surface area (Å²) in [5.74, 6) is 0. The summed E-state index contributed by atoms with van der Waals surface area (Å²) in [6.45, 7) is 1.08. The van der Waals surface area contributed by atoms with Crippen LogP contribution in [0, 0.1) is 9.41 Å². The van der Waals surface area contributed by atoms with E-state index in [1.807, 2.05) is 0 Å². The first-order valence-electron chi connectivity index (χ1n) is 7.13. The Morgan fingerprint density at radius 2 is 1.76 bits per heavy atom. The van der Waals surface area contributed by atoms with Crippen LogP contribution in [0.15, 0.2) is 12.3 Å². The SMILES string of the molecule is CC1(O)[C@@H](O)[C@@H](OP(=O)(O)OP(=O)(O)OP(=O)(O)O)O[C@H]1n1ccc(=S)[nH]c1=S. The van der Waals surface area contributed by atoms with Gasteiger partial charge in [0.1, 0.15) is 16.3 Å². The number of aliphatic hydroxyl groups is 2. The van der Waals surface area contributed by atoms with E-state index >= 15 is 0 Å². The van der Waals surface area contributed by atoms with Crippen molar-refractivity contribution in [1.82, 2.24) is 9.55 Å². The summed E-state index contributed by atoms with van der Waals surface area (Å²) in [5, 5.41) is 20.7. The minimum atomic E-state index is -5.77. The van der Waals surface area contributed by atoms with Gasteiger partial charge in [0, 0.05) is 6.20 Å². The summed E-state index contributed by atoms with van der Waals surface area (Å²) in [6.07, 6.45) is -4.30. The maximum absolute atomic E-state index is 11.9. The van der Waals surface area contributed by atoms with Crippen molar-refractivity contribution in [1.29, 1.82) is 0 Å². The molecule has 0 aliphatic carbocycles. The number of hydrogen-bond acceptors (Lipinski definition) is 11. The minimum Gasteiger partial charge on any atom is -0.385 e. The van der Waals surface area contributed by atoms with Crippen LogP contribution in [-0.4, -0.2) is 57.3 Å². The van der Waals surface area contributed by atoms with Crippen molar-refractivity contribution in [2.24, 2.45) is 0 Å². The molecule has 0 spiro atoms. The summed E-state index contributed by atoms with van der Waals surface area (Å²) in [5.41, 5.74) is -2.16. The number of aromatic nitrogens is 2. The van der Waals surface area contributed by atoms with Crippen LogP contribution in [0.5, 0.6) is 0 Å². The number of rotatable bonds is 7. The summed E-state index contributed by atoms with van der Waals surface area (Å²) in [4.78, 5) is 38.3. The van der Waals surface area contributed by atoms with E-state index in [2.05, 4.69) is 18.1 Å². The normalized spacial score (nSPS) is 31.9. The summed E-state index contributed by atoms with van der Waals surface area (Å²) in [6, 6.07) is 1.37. The van der Waals surface area contributed by atoms with E-state index in [-0.39, 0.29) is 9.41 Å². The molecule has 2 heterocycles. The second-order valence-corrected chi connectivity index (χ2v) is 10.9. The van der Waals surface area contributed by atoms with E-state index in [1.165, 1.54) is 12.3 Å². The maximum Gasteiger partial charge on any atom is 0.490 e. The second kappa shape index (κ2) is 8.39. The van der Waals surface area contributed by atoms with E-state index in [0.717, 1.165) is 11.5 Å². The van der Waals surface area contributed by atoms with Gasteiger partial charge in [-0.25, -0.2) is 13.7 Å². The van der Waals surface area contributed by atoms with Crippen LogP contribution in [0.2, 0.25) is 0 Å². The van der Waals surface area contributed by atoms with Crippen molar-refractivity contribution in [3.05, 3.63) is 21.7 Å². The Bertz CT molecular complexity index is 1030. The highest BCUT2D eigenvalue weighted by Crippen LogP contribution is 2.67. The number of aliphatic hydroxyl groups excluding tert-OH is 1. The average molecular weight is 516 g/mol. The van der Waals surface area contributed by atoms with E-state index in [1.54, 1.807) is 0 Å². The van der Waals surface area contributed by atoms with Gasteiger partial charge in [0.15, 0.2) is 11.0 Å². The molecule has 166 valence electrons. The molecule has 0 amide bonds. The standard InChI is InChI=1S/C9H15N2O13P3S2/c1-9(13)5(12)6(21-7(9)11-3-2-4(28)10-8(11)29)22-26(17,18)24-27(19,20)23-25(14,15)16/h2-3,5-7,12-13H,1H3,(H,17,18)(H,19,20)(H,10,28,29)(H2,14,15,16)/t5-,6+,7+,9?/m0/s1. The van der Waals surface area contributed by atoms with Gasteiger partial charge in [0.05, 0.1) is 0 Å². The molecule has 1 aliphatic heterocycles. The molecule has 0 radical (unpaired) electrons. The number of aromatic amines is 1. The molecule has 1 aromatic rings. The number of ether oxygens (including phenoxy) is 1. The molecular weight excluding hydrogens is 501 g/mol. The molecule has 1 aromatic heterocycles. The molecule has 3 unspecified atom stereocenters. The molecule has 29 heavy (non-hydrogen) atoms. The Labute approximate surface area is 171 Å². The summed E-state index contributed by atoms with van der Waals surface area (Å²) >= 11 is 9.91. The molecule has 7 N–H and O–H groups in total. The van der Waals surface area contributed by atoms with Crippen LogP contribution in [-0.2, 0) is 31.6 Å². The van der Waals surface area contributed by atoms with Gasteiger partial charge in [-0.05, 0) is 25.2 Å². The fourth-order valence-corrected chi connectivity index (χ4v) is 5.81. The third-order valence-corrected chi connectivity index (χ3v) is 7.73. The monoisotopic (exact) mass is 516 g/mol. The molecule has 0 aromatic carbocycles. The molecule has 1 fully saturated rings. The molecule has 2 rings (SSSR count). The fraction of sp³-hybridized carbons (Fsp3) is 0.556. The van der Waals surface area contributed by atoms with Crippen LogP contribution in [0.4, 0.5) is 0 Å². The van der Waals surface area contributed by atoms with Gasteiger partial charge in [-0.15, -0.1) is 0 Å². The number of phosphoric ester groups is 1. The third kappa shape index (κ3) is 6.40. The lowest BCUT2D eigenvalue weighted by Gasteiger charge is -2.27. The molecule has 0 bridgehead atoms. The van der Waals surface area contributed by atoms with Gasteiger partial charge in [-0.1, -0.05) is 12.2 Å². The Balaban J connectivity index is 2.24. The number of nitrogens with zero attached hydrogens (tertiary/aromatic N) is 1. The zero-order valence-electron chi connectivity index (χ0n) is 14.0. The predicted molar refractivity (Wildman–Crippen MR) is 95.9 cm³/mol. The average Bonchev–Trinajstić information content (AvgIpc) is 2.67. The fourth-order valence-electron chi connectivity index (χ4n) is 2.23. The van der Waals surface area contributed by atoms with Crippen molar-refractivity contribution in [3.63, 3.8) is 0 Å². The second-order valence-electron chi connectivity index (χ2n) is 5.74. The topological polar surface area (TPSA) is 230 Å². The smallest absolute Gasteiger partial charge is 0.385 e. The lowest BCUT2D eigenvalue weighted by atomic mass is 9.99. The first kappa shape index (κ1) is 25.1. The van der Waals surface area contributed by atoms with Gasteiger partial charge < -0.3 is 39.5 Å². The van der Waals surface area contributed by atoms with Crippen LogP contribution < -0.4 is 0 Å². The predicted octanol–water partition coefficient (Wildman–Crippen LogP) is 0.585. The lowest BCUT2D eigenvalue weighted by Crippen LogP contribution is -2.44. The van der Waals surface area contributed by atoms with Gasteiger partial charge in [0.25, 0.3) is 0 Å². The van der Waals surface area contributed by atoms with E-state index in [9.17, 15) is 28.8 Å². The Morgan fingerprint density at radius 3 is 2.28 bits per heavy atom. The van der Waals surface area contributed by atoms with Crippen molar-refractivity contribution < 1.29 is 61.4 Å². The molecule has 0 saturated carbocycles. The van der Waals surface area contributed by atoms with Crippen LogP contribution >= 0.6 is 47.9 Å². The maximum atomic E-state index is 11.9. The highest BCUT2D eigenvalue weighted by Gasteiger charge is 2.56. The van der Waals surface area contributed by atoms with Gasteiger partial charge in [-0.2, -0.15) is 8.62 Å². The van der Waals surface area contributed by atoms with Crippen LogP contribution in [0.25, 0.3) is 0 Å². The molecular formula is C9H15N2O13P3S2. The van der Waals surface area contributed by atoms with Gasteiger partial charge in [0.2, 0.25) is 6.29 Å². The lowest BCUT2D eigenvalue weighted by molar-refractivity contribution is -0.136. The van der Waals surface area contributed by atoms with Gasteiger partial charge >= 0.3 is 23.5 Å². The summed E-state index contributed by atoms with van der Waals surface area (Å²) < 4.78 is 51.9.